The highest BCUT2D eigenvalue weighted by Gasteiger charge is 2.25. The molecule has 0 rings (SSSR count). The maximum absolute atomic E-state index is 12.4. The fraction of sp³-hybridized carbons (Fsp3) is 0.710. The Balaban J connectivity index is 4.68. The Labute approximate surface area is 236 Å². The molecule has 0 aromatic heterocycles. The van der Waals surface area contributed by atoms with Crippen molar-refractivity contribution in [3.63, 3.8) is 0 Å². The summed E-state index contributed by atoms with van der Waals surface area (Å²) >= 11 is 0. The Bertz CT molecular complexity index is 753. The van der Waals surface area contributed by atoms with Crippen LogP contribution in [0.5, 0.6) is 0 Å². The normalized spacial score (nSPS) is 13.8. The summed E-state index contributed by atoms with van der Waals surface area (Å²) in [5.74, 6) is -1.91. The van der Waals surface area contributed by atoms with E-state index in [9.17, 15) is 19.5 Å². The molecule has 0 amide bonds. The molecule has 0 aromatic carbocycles. The van der Waals surface area contributed by atoms with Gasteiger partial charge in [-0.3, -0.25) is 9.59 Å². The van der Waals surface area contributed by atoms with Gasteiger partial charge < -0.3 is 28.6 Å². The van der Waals surface area contributed by atoms with Crippen LogP contribution in [0.2, 0.25) is 0 Å². The van der Waals surface area contributed by atoms with Crippen molar-refractivity contribution in [1.82, 2.24) is 0 Å². The van der Waals surface area contributed by atoms with E-state index in [1.54, 1.807) is 21.1 Å². The van der Waals surface area contributed by atoms with Gasteiger partial charge in [0.15, 0.2) is 6.10 Å². The summed E-state index contributed by atoms with van der Waals surface area (Å²) in [5.41, 5.74) is 0. The van der Waals surface area contributed by atoms with E-state index in [-0.39, 0.29) is 49.5 Å². The second-order valence-electron chi connectivity index (χ2n) is 10.6. The largest absolute Gasteiger partial charge is 0.544 e. The van der Waals surface area contributed by atoms with Crippen LogP contribution in [-0.4, -0.2) is 75.5 Å². The molecule has 0 aromatic rings. The Kier molecular flexibility index (Phi) is 22.0. The summed E-state index contributed by atoms with van der Waals surface area (Å²) in [6.45, 7) is 4.30. The zero-order valence-electron chi connectivity index (χ0n) is 25.0. The first-order valence-corrected chi connectivity index (χ1v) is 14.5. The van der Waals surface area contributed by atoms with E-state index in [1.807, 2.05) is 18.2 Å². The maximum Gasteiger partial charge on any atom is 0.306 e. The lowest BCUT2D eigenvalue weighted by Gasteiger charge is -2.34. The van der Waals surface area contributed by atoms with Gasteiger partial charge in [-0.1, -0.05) is 69.6 Å². The molecule has 0 aliphatic heterocycles. The van der Waals surface area contributed by atoms with Crippen LogP contribution in [0.15, 0.2) is 36.5 Å². The zero-order valence-corrected chi connectivity index (χ0v) is 25.0. The van der Waals surface area contributed by atoms with E-state index in [2.05, 4.69) is 32.1 Å². The van der Waals surface area contributed by atoms with Gasteiger partial charge in [-0.15, -0.1) is 0 Å². The first-order chi connectivity index (χ1) is 18.6. The number of carbonyl (C=O) groups is 3. The summed E-state index contributed by atoms with van der Waals surface area (Å²) < 4.78 is 16.7. The molecule has 0 bridgehead atoms. The highest BCUT2D eigenvalue weighted by molar-refractivity contribution is 5.70. The minimum atomic E-state index is -1.14. The van der Waals surface area contributed by atoms with Crippen LogP contribution in [0.25, 0.3) is 0 Å². The fourth-order valence-electron chi connectivity index (χ4n) is 3.73. The lowest BCUT2D eigenvalue weighted by atomic mass is 10.1. The molecule has 2 atom stereocenters. The maximum atomic E-state index is 12.4. The van der Waals surface area contributed by atoms with Crippen molar-refractivity contribution in [1.29, 1.82) is 0 Å². The average molecular weight is 552 g/mol. The van der Waals surface area contributed by atoms with Crippen molar-refractivity contribution in [3.05, 3.63) is 36.5 Å². The first kappa shape index (κ1) is 36.5. The lowest BCUT2D eigenvalue weighted by Crippen LogP contribution is -2.55. The molecular weight excluding hydrogens is 498 g/mol. The van der Waals surface area contributed by atoms with Crippen LogP contribution >= 0.6 is 0 Å². The number of aliphatic carboxylic acids is 1. The number of carbonyl (C=O) groups excluding carboxylic acids is 3. The third kappa shape index (κ3) is 22.1. The van der Waals surface area contributed by atoms with Crippen LogP contribution in [0.3, 0.4) is 0 Å². The average Bonchev–Trinajstić information content (AvgIpc) is 2.86. The number of esters is 2. The van der Waals surface area contributed by atoms with Crippen LogP contribution in [0.1, 0.15) is 90.9 Å². The number of hydrogen-bond acceptors (Lipinski definition) is 7. The van der Waals surface area contributed by atoms with Gasteiger partial charge in [-0.25, -0.2) is 0 Å². The predicted molar refractivity (Wildman–Crippen MR) is 153 cm³/mol. The number of ether oxygens (including phenoxy) is 3. The Morgan fingerprint density at radius 2 is 1.44 bits per heavy atom. The summed E-state index contributed by atoms with van der Waals surface area (Å²) in [7, 11) is 5.34. The van der Waals surface area contributed by atoms with Crippen LogP contribution in [-0.2, 0) is 28.6 Å². The molecule has 0 N–H and O–H groups in total. The van der Waals surface area contributed by atoms with Crippen molar-refractivity contribution < 1.29 is 38.2 Å². The zero-order chi connectivity index (χ0) is 29.4. The van der Waals surface area contributed by atoms with Crippen molar-refractivity contribution in [2.45, 2.75) is 103 Å². The Morgan fingerprint density at radius 3 is 2.08 bits per heavy atom. The van der Waals surface area contributed by atoms with E-state index in [0.29, 0.717) is 12.8 Å². The molecule has 2 unspecified atom stereocenters. The molecule has 0 heterocycles. The van der Waals surface area contributed by atoms with E-state index >= 15 is 0 Å². The molecule has 0 radical (unpaired) electrons. The molecule has 8 nitrogen and oxygen atoms in total. The summed E-state index contributed by atoms with van der Waals surface area (Å²) in [5, 5.41) is 11.5. The number of allylic oxidation sites excluding steroid dienone is 6. The second-order valence-corrected chi connectivity index (χ2v) is 10.6. The highest BCUT2D eigenvalue weighted by atomic mass is 16.6. The number of quaternary nitrogens is 1. The number of carboxylic acids is 1. The minimum absolute atomic E-state index is 0.00520. The van der Waals surface area contributed by atoms with Crippen LogP contribution in [0.4, 0.5) is 0 Å². The van der Waals surface area contributed by atoms with Crippen molar-refractivity contribution in [2.75, 3.05) is 41.0 Å². The number of hydrogen-bond donors (Lipinski definition) is 0. The number of nitrogens with zero attached hydrogens (tertiary/aromatic N) is 1. The SMILES string of the molecule is CC/C=C/C/C=C/CCC(=O)OC(COCCC(C(=O)[O-])[N+](C)(C)C)COC(=O)CC/C=C/CCCCCC. The van der Waals surface area contributed by atoms with E-state index in [4.69, 9.17) is 14.2 Å². The molecular formula is C31H53NO7. The van der Waals surface area contributed by atoms with Gasteiger partial charge in [0.1, 0.15) is 12.6 Å². The summed E-state index contributed by atoms with van der Waals surface area (Å²) in [6, 6.07) is -0.734. The molecule has 8 heteroatoms. The van der Waals surface area contributed by atoms with Gasteiger partial charge in [0.2, 0.25) is 0 Å². The molecule has 224 valence electrons. The van der Waals surface area contributed by atoms with Crippen LogP contribution in [0, 0.1) is 0 Å². The number of likely N-dealkylation sites (N-methyl/N-ethyl adjacent to an activating group) is 1. The van der Waals surface area contributed by atoms with Crippen molar-refractivity contribution >= 4 is 17.9 Å². The third-order valence-corrected chi connectivity index (χ3v) is 6.04. The van der Waals surface area contributed by atoms with E-state index in [1.165, 1.54) is 19.3 Å². The van der Waals surface area contributed by atoms with Gasteiger partial charge in [0, 0.05) is 19.3 Å². The summed E-state index contributed by atoms with van der Waals surface area (Å²) in [6.07, 6.45) is 21.0. The topological polar surface area (TPSA) is 102 Å². The monoisotopic (exact) mass is 551 g/mol. The lowest BCUT2D eigenvalue weighted by molar-refractivity contribution is -0.889. The Hall–Kier alpha value is -2.45. The molecule has 39 heavy (non-hydrogen) atoms. The van der Waals surface area contributed by atoms with Gasteiger partial charge in [-0.2, -0.15) is 0 Å². The standard InChI is InChI=1S/C31H53NO7/c1-6-8-10-12-14-16-17-19-21-29(33)38-26-27(25-37-24-23-28(31(35)36)32(3,4)5)39-30(34)22-20-18-15-13-11-9-7-2/h9,11,15-18,27-28H,6-8,10,12-14,19-26H2,1-5H3/b11-9+,17-16+,18-15+. The first-order valence-electron chi connectivity index (χ1n) is 14.5. The van der Waals surface area contributed by atoms with Crippen molar-refractivity contribution in [2.24, 2.45) is 0 Å². The highest BCUT2D eigenvalue weighted by Crippen LogP contribution is 2.09. The third-order valence-electron chi connectivity index (χ3n) is 6.04. The summed E-state index contributed by atoms with van der Waals surface area (Å²) in [4.78, 5) is 36.0. The van der Waals surface area contributed by atoms with Gasteiger partial charge >= 0.3 is 11.9 Å². The predicted octanol–water partition coefficient (Wildman–Crippen LogP) is 4.67. The van der Waals surface area contributed by atoms with Crippen LogP contribution < -0.4 is 5.11 Å². The molecule has 0 spiro atoms. The minimum Gasteiger partial charge on any atom is -0.544 e. The molecule has 0 saturated heterocycles. The number of rotatable bonds is 24. The van der Waals surface area contributed by atoms with Crippen molar-refractivity contribution in [3.8, 4) is 0 Å². The smallest absolute Gasteiger partial charge is 0.306 e. The molecule has 0 saturated carbocycles. The van der Waals surface area contributed by atoms with E-state index < -0.39 is 24.1 Å². The second kappa shape index (κ2) is 23.4. The van der Waals surface area contributed by atoms with Gasteiger partial charge in [0.05, 0.1) is 40.3 Å². The number of unbranched alkanes of at least 4 members (excludes halogenated alkanes) is 4. The fourth-order valence-corrected chi connectivity index (χ4v) is 3.73. The molecule has 0 fully saturated rings. The van der Waals surface area contributed by atoms with E-state index in [0.717, 1.165) is 25.7 Å². The quantitative estimate of drug-likeness (QED) is 0.0743. The van der Waals surface area contributed by atoms with Gasteiger partial charge in [-0.05, 0) is 38.5 Å². The Morgan fingerprint density at radius 1 is 0.795 bits per heavy atom. The van der Waals surface area contributed by atoms with Gasteiger partial charge in [0.25, 0.3) is 0 Å². The molecule has 0 aliphatic rings. The molecule has 0 aliphatic carbocycles. The number of carboxylic acid groups (broad SMARTS) is 1.